The van der Waals surface area contributed by atoms with Crippen LogP contribution in [0.3, 0.4) is 0 Å². The van der Waals surface area contributed by atoms with Gasteiger partial charge in [0.25, 0.3) is 0 Å². The van der Waals surface area contributed by atoms with E-state index in [1.54, 1.807) is 0 Å². The fourth-order valence-electron chi connectivity index (χ4n) is 4.18. The van der Waals surface area contributed by atoms with E-state index in [2.05, 4.69) is 54.6 Å². The molecule has 0 spiro atoms. The van der Waals surface area contributed by atoms with E-state index in [4.69, 9.17) is 11.0 Å². The zero-order chi connectivity index (χ0) is 24.1. The Balaban J connectivity index is 1.63. The molecule has 2 nitrogen and oxygen atoms in total. The molecule has 0 N–H and O–H groups in total. The number of ether oxygens (including phenoxy) is 1. The Bertz CT molecular complexity index is 1450. The van der Waals surface area contributed by atoms with Crippen LogP contribution in [0.15, 0.2) is 140 Å². The number of hydrogen-bond donors (Lipinski definition) is 0. The van der Waals surface area contributed by atoms with Gasteiger partial charge in [-0.25, -0.2) is 0 Å². The quantitative estimate of drug-likeness (QED) is 0.262. The fourth-order valence-corrected chi connectivity index (χ4v) is 8.50. The SMILES string of the molecule is C=P(c1ccccc1)(c1ccccc1)c1ccccc1Oc1ccccc1[P+](=O)c1ccccc1. The molecule has 0 aromatic heterocycles. The van der Waals surface area contributed by atoms with Gasteiger partial charge in [-0.05, 0) is 47.8 Å². The van der Waals surface area contributed by atoms with Crippen molar-refractivity contribution in [2.75, 3.05) is 0 Å². The summed E-state index contributed by atoms with van der Waals surface area (Å²) in [7, 11) is -1.79. The lowest BCUT2D eigenvalue weighted by Crippen LogP contribution is -2.26. The highest BCUT2D eigenvalue weighted by Gasteiger charge is 2.30. The molecule has 4 heteroatoms. The van der Waals surface area contributed by atoms with E-state index >= 15 is 0 Å². The highest BCUT2D eigenvalue weighted by Crippen LogP contribution is 2.45. The molecule has 0 saturated heterocycles. The Morgan fingerprint density at radius 1 is 0.543 bits per heavy atom. The summed E-state index contributed by atoms with van der Waals surface area (Å²) in [5.41, 5.74) is 0. The summed E-state index contributed by atoms with van der Waals surface area (Å²) in [4.78, 5) is 0. The summed E-state index contributed by atoms with van der Waals surface area (Å²) in [5.74, 6) is 1.32. The highest BCUT2D eigenvalue weighted by atomic mass is 31.2. The van der Waals surface area contributed by atoms with Crippen LogP contribution in [0.5, 0.6) is 11.5 Å². The summed E-state index contributed by atoms with van der Waals surface area (Å²) in [6, 6.07) is 46.0. The average Bonchev–Trinajstić information content (AvgIpc) is 2.94. The van der Waals surface area contributed by atoms with Gasteiger partial charge in [-0.15, -0.1) is 0 Å². The summed E-state index contributed by atoms with van der Waals surface area (Å²) in [5, 5.41) is 4.84. The minimum absolute atomic E-state index is 0.595. The van der Waals surface area contributed by atoms with Crippen molar-refractivity contribution in [2.24, 2.45) is 0 Å². The van der Waals surface area contributed by atoms with Gasteiger partial charge < -0.3 is 4.74 Å². The molecule has 0 fully saturated rings. The Labute approximate surface area is 207 Å². The number of rotatable bonds is 7. The lowest BCUT2D eigenvalue weighted by atomic mass is 10.3. The van der Waals surface area contributed by atoms with Gasteiger partial charge >= 0.3 is 7.80 Å². The molecule has 0 bridgehead atoms. The molecule has 0 saturated carbocycles. The standard InChI is InChI=1S/C31H25O2P2/c1-35(26-17-7-3-8-18-26,27-19-9-4-10-20-27)31-24-14-12-22-29(31)33-28-21-11-13-23-30(28)34(32)25-15-5-2-6-16-25/h2-24H,1H2/q+1. The molecular weight excluding hydrogens is 466 g/mol. The average molecular weight is 491 g/mol. The summed E-state index contributed by atoms with van der Waals surface area (Å²) in [6.07, 6.45) is 4.86. The smallest absolute Gasteiger partial charge is 0.419 e. The Kier molecular flexibility index (Phi) is 6.77. The Morgan fingerprint density at radius 2 is 1.00 bits per heavy atom. The fraction of sp³-hybridized carbons (Fsp3) is 0. The van der Waals surface area contributed by atoms with Crippen molar-refractivity contribution >= 4 is 47.5 Å². The molecule has 5 rings (SSSR count). The largest absolute Gasteiger partial charge is 0.452 e. The van der Waals surface area contributed by atoms with Crippen LogP contribution in [0.1, 0.15) is 0 Å². The van der Waals surface area contributed by atoms with Crippen molar-refractivity contribution in [3.63, 3.8) is 0 Å². The summed E-state index contributed by atoms with van der Waals surface area (Å²) >= 11 is 0. The third kappa shape index (κ3) is 4.64. The predicted octanol–water partition coefficient (Wildman–Crippen LogP) is 5.98. The van der Waals surface area contributed by atoms with Gasteiger partial charge in [0.15, 0.2) is 11.1 Å². The minimum Gasteiger partial charge on any atom is -0.452 e. The second-order valence-electron chi connectivity index (χ2n) is 8.15. The summed E-state index contributed by atoms with van der Waals surface area (Å²) in [6.45, 7) is -2.25. The van der Waals surface area contributed by atoms with Crippen molar-refractivity contribution in [1.29, 1.82) is 0 Å². The van der Waals surface area contributed by atoms with E-state index in [9.17, 15) is 4.57 Å². The molecule has 170 valence electrons. The van der Waals surface area contributed by atoms with Crippen LogP contribution < -0.4 is 31.3 Å². The maximum atomic E-state index is 13.4. The first-order chi connectivity index (χ1) is 17.2. The van der Waals surface area contributed by atoms with Crippen LogP contribution in [0.25, 0.3) is 0 Å². The minimum atomic E-state index is -2.25. The Morgan fingerprint density at radius 3 is 1.60 bits per heavy atom. The molecule has 5 aromatic carbocycles. The molecule has 35 heavy (non-hydrogen) atoms. The second kappa shape index (κ2) is 10.3. The van der Waals surface area contributed by atoms with Crippen molar-refractivity contribution in [1.82, 2.24) is 0 Å². The van der Waals surface area contributed by atoms with Crippen LogP contribution in [-0.4, -0.2) is 6.30 Å². The molecule has 0 aliphatic heterocycles. The van der Waals surface area contributed by atoms with Gasteiger partial charge in [0, 0.05) is 5.30 Å². The van der Waals surface area contributed by atoms with Crippen molar-refractivity contribution < 1.29 is 9.30 Å². The van der Waals surface area contributed by atoms with E-state index in [0.29, 0.717) is 11.1 Å². The van der Waals surface area contributed by atoms with Crippen LogP contribution in [0.4, 0.5) is 0 Å². The molecule has 0 heterocycles. The maximum Gasteiger partial charge on any atom is 0.419 e. The number of para-hydroxylation sites is 2. The lowest BCUT2D eigenvalue weighted by molar-refractivity contribution is 0.490. The number of hydrogen-bond acceptors (Lipinski definition) is 2. The molecule has 1 unspecified atom stereocenters. The van der Waals surface area contributed by atoms with E-state index in [1.165, 1.54) is 10.6 Å². The highest BCUT2D eigenvalue weighted by molar-refractivity contribution is 7.93. The van der Waals surface area contributed by atoms with Gasteiger partial charge in [0.2, 0.25) is 5.30 Å². The molecule has 0 amide bonds. The third-order valence-electron chi connectivity index (χ3n) is 5.97. The maximum absolute atomic E-state index is 13.4. The van der Waals surface area contributed by atoms with Crippen molar-refractivity contribution in [3.8, 4) is 11.5 Å². The van der Waals surface area contributed by atoms with Crippen LogP contribution in [0.2, 0.25) is 0 Å². The van der Waals surface area contributed by atoms with Gasteiger partial charge in [-0.3, -0.25) is 0 Å². The van der Waals surface area contributed by atoms with E-state index in [1.807, 2.05) is 84.9 Å². The predicted molar refractivity (Wildman–Crippen MR) is 152 cm³/mol. The lowest BCUT2D eigenvalue weighted by Gasteiger charge is -2.28. The topological polar surface area (TPSA) is 26.3 Å². The van der Waals surface area contributed by atoms with E-state index < -0.39 is 14.7 Å². The monoisotopic (exact) mass is 491 g/mol. The first kappa shape index (κ1) is 23.1. The first-order valence-electron chi connectivity index (χ1n) is 11.4. The van der Waals surface area contributed by atoms with Crippen LogP contribution >= 0.6 is 14.7 Å². The molecule has 0 aliphatic carbocycles. The third-order valence-corrected chi connectivity index (χ3v) is 11.1. The molecule has 1 atom stereocenters. The van der Waals surface area contributed by atoms with Gasteiger partial charge in [0.05, 0.1) is 0 Å². The first-order valence-corrected chi connectivity index (χ1v) is 14.6. The van der Waals surface area contributed by atoms with E-state index in [-0.39, 0.29) is 0 Å². The second-order valence-corrected chi connectivity index (χ2v) is 12.9. The Hall–Kier alpha value is -3.70. The van der Waals surface area contributed by atoms with Crippen LogP contribution in [0, 0.1) is 0 Å². The van der Waals surface area contributed by atoms with Gasteiger partial charge in [0.1, 0.15) is 5.75 Å². The van der Waals surface area contributed by atoms with Crippen LogP contribution in [-0.2, 0) is 4.57 Å². The zero-order valence-electron chi connectivity index (χ0n) is 19.2. The molecule has 5 aromatic rings. The van der Waals surface area contributed by atoms with Gasteiger partial charge in [-0.1, -0.05) is 120 Å². The van der Waals surface area contributed by atoms with E-state index in [0.717, 1.165) is 16.4 Å². The van der Waals surface area contributed by atoms with Gasteiger partial charge in [-0.2, -0.15) is 0 Å². The number of benzene rings is 5. The molecule has 0 radical (unpaired) electrons. The molecule has 0 aliphatic rings. The van der Waals surface area contributed by atoms with Crippen molar-refractivity contribution in [3.05, 3.63) is 140 Å². The summed E-state index contributed by atoms with van der Waals surface area (Å²) < 4.78 is 20.0. The normalized spacial score (nSPS) is 11.6. The van der Waals surface area contributed by atoms with Crippen molar-refractivity contribution in [2.45, 2.75) is 0 Å². The molecular formula is C31H25O2P2+. The zero-order valence-corrected chi connectivity index (χ0v) is 21.0.